The van der Waals surface area contributed by atoms with Gasteiger partial charge in [0.05, 0.1) is 11.0 Å². The van der Waals surface area contributed by atoms with Crippen LogP contribution >= 0.6 is 0 Å². The summed E-state index contributed by atoms with van der Waals surface area (Å²) in [5.74, 6) is 0. The van der Waals surface area contributed by atoms with E-state index in [1.165, 1.54) is 17.1 Å². The van der Waals surface area contributed by atoms with Crippen molar-refractivity contribution in [1.29, 1.82) is 0 Å². The summed E-state index contributed by atoms with van der Waals surface area (Å²) in [6.07, 6.45) is 3.69. The molecule has 5 nitrogen and oxygen atoms in total. The number of carboxylic acid groups (broad SMARTS) is 1. The Bertz CT molecular complexity index is 703. The summed E-state index contributed by atoms with van der Waals surface area (Å²) >= 11 is 0. The largest absolute Gasteiger partial charge is 0.464 e. The van der Waals surface area contributed by atoms with E-state index in [9.17, 15) is 4.79 Å². The van der Waals surface area contributed by atoms with Gasteiger partial charge in [-0.15, -0.1) is 0 Å². The fourth-order valence-corrected chi connectivity index (χ4v) is 1.84. The van der Waals surface area contributed by atoms with E-state index in [0.717, 1.165) is 16.3 Å². The second kappa shape index (κ2) is 3.03. The molecule has 1 aromatic carbocycles. The van der Waals surface area contributed by atoms with Crippen molar-refractivity contribution in [3.63, 3.8) is 0 Å². The van der Waals surface area contributed by atoms with E-state index >= 15 is 0 Å². The molecule has 1 N–H and O–H groups in total. The molecule has 0 bridgehead atoms. The van der Waals surface area contributed by atoms with Crippen molar-refractivity contribution < 1.29 is 9.90 Å². The number of rotatable bonds is 0. The second-order valence-corrected chi connectivity index (χ2v) is 3.43. The minimum absolute atomic E-state index is 0.638. The zero-order chi connectivity index (χ0) is 11.1. The van der Waals surface area contributed by atoms with Gasteiger partial charge in [0.15, 0.2) is 0 Å². The maximum Gasteiger partial charge on any atom is 0.416 e. The Kier molecular flexibility index (Phi) is 1.67. The minimum Gasteiger partial charge on any atom is -0.464 e. The summed E-state index contributed by atoms with van der Waals surface area (Å²) in [5, 5.41) is 10.7. The van der Waals surface area contributed by atoms with Crippen LogP contribution in [-0.2, 0) is 0 Å². The Morgan fingerprint density at radius 2 is 2.19 bits per heavy atom. The SMILES string of the molecule is O=C(O)n1ccc2c3ncncc3ccc21. The van der Waals surface area contributed by atoms with Crippen molar-refractivity contribution in [3.05, 3.63) is 36.9 Å². The van der Waals surface area contributed by atoms with E-state index in [1.54, 1.807) is 18.3 Å². The van der Waals surface area contributed by atoms with Gasteiger partial charge in [0.25, 0.3) is 0 Å². The fraction of sp³-hybridized carbons (Fsp3) is 0. The number of benzene rings is 1. The van der Waals surface area contributed by atoms with E-state index in [2.05, 4.69) is 9.97 Å². The predicted molar refractivity (Wildman–Crippen MR) is 58.5 cm³/mol. The van der Waals surface area contributed by atoms with Crippen LogP contribution in [0.2, 0.25) is 0 Å². The highest BCUT2D eigenvalue weighted by Gasteiger charge is 2.09. The average Bonchev–Trinajstić information content (AvgIpc) is 2.73. The topological polar surface area (TPSA) is 68.0 Å². The van der Waals surface area contributed by atoms with Gasteiger partial charge in [-0.05, 0) is 18.2 Å². The summed E-state index contributed by atoms with van der Waals surface area (Å²) in [5.41, 5.74) is 1.41. The molecule has 3 aromatic rings. The van der Waals surface area contributed by atoms with E-state index < -0.39 is 6.09 Å². The molecule has 0 unspecified atom stereocenters. The Morgan fingerprint density at radius 3 is 3.00 bits per heavy atom. The van der Waals surface area contributed by atoms with Crippen molar-refractivity contribution in [3.8, 4) is 0 Å². The summed E-state index contributed by atoms with van der Waals surface area (Å²) in [6.45, 7) is 0. The fourth-order valence-electron chi connectivity index (χ4n) is 1.84. The molecular formula is C11H7N3O2. The minimum atomic E-state index is -0.997. The third kappa shape index (κ3) is 1.08. The Morgan fingerprint density at radius 1 is 1.31 bits per heavy atom. The van der Waals surface area contributed by atoms with Crippen LogP contribution in [0.3, 0.4) is 0 Å². The van der Waals surface area contributed by atoms with Gasteiger partial charge in [0.2, 0.25) is 0 Å². The van der Waals surface area contributed by atoms with Gasteiger partial charge in [0.1, 0.15) is 6.33 Å². The second-order valence-electron chi connectivity index (χ2n) is 3.43. The monoisotopic (exact) mass is 213 g/mol. The van der Waals surface area contributed by atoms with Crippen molar-refractivity contribution in [1.82, 2.24) is 14.5 Å². The van der Waals surface area contributed by atoms with E-state index in [4.69, 9.17) is 5.11 Å². The Labute approximate surface area is 90.0 Å². The zero-order valence-corrected chi connectivity index (χ0v) is 8.16. The van der Waals surface area contributed by atoms with Gasteiger partial charge in [-0.1, -0.05) is 0 Å². The van der Waals surface area contributed by atoms with Gasteiger partial charge < -0.3 is 5.11 Å². The number of carbonyl (C=O) groups is 1. The van der Waals surface area contributed by atoms with E-state index in [0.29, 0.717) is 5.52 Å². The molecule has 0 atom stereocenters. The van der Waals surface area contributed by atoms with Crippen LogP contribution < -0.4 is 0 Å². The van der Waals surface area contributed by atoms with Gasteiger partial charge in [-0.2, -0.15) is 0 Å². The molecule has 0 aliphatic heterocycles. The Hall–Kier alpha value is -2.43. The van der Waals surface area contributed by atoms with E-state index in [1.807, 2.05) is 6.07 Å². The number of nitrogens with zero attached hydrogens (tertiary/aromatic N) is 3. The lowest BCUT2D eigenvalue weighted by Crippen LogP contribution is -2.05. The summed E-state index contributed by atoms with van der Waals surface area (Å²) in [6, 6.07) is 5.32. The first-order valence-electron chi connectivity index (χ1n) is 4.70. The Balaban J connectivity index is 2.49. The molecule has 0 fully saturated rings. The smallest absolute Gasteiger partial charge is 0.416 e. The van der Waals surface area contributed by atoms with Gasteiger partial charge >= 0.3 is 6.09 Å². The number of hydrogen-bond acceptors (Lipinski definition) is 3. The quantitative estimate of drug-likeness (QED) is 0.621. The van der Waals surface area contributed by atoms with Crippen LogP contribution in [0.1, 0.15) is 0 Å². The highest BCUT2D eigenvalue weighted by molar-refractivity contribution is 6.05. The summed E-state index contributed by atoms with van der Waals surface area (Å²) in [7, 11) is 0. The average molecular weight is 213 g/mol. The molecule has 0 spiro atoms. The molecule has 78 valence electrons. The van der Waals surface area contributed by atoms with E-state index in [-0.39, 0.29) is 0 Å². The van der Waals surface area contributed by atoms with Crippen LogP contribution in [0.25, 0.3) is 21.8 Å². The lowest BCUT2D eigenvalue weighted by Gasteiger charge is -2.00. The summed E-state index contributed by atoms with van der Waals surface area (Å²) < 4.78 is 1.18. The number of hydrogen-bond donors (Lipinski definition) is 1. The van der Waals surface area contributed by atoms with Gasteiger partial charge in [-0.25, -0.2) is 14.8 Å². The van der Waals surface area contributed by atoms with Crippen molar-refractivity contribution in [2.45, 2.75) is 0 Å². The first-order valence-corrected chi connectivity index (χ1v) is 4.70. The van der Waals surface area contributed by atoms with Crippen LogP contribution in [0.5, 0.6) is 0 Å². The number of fused-ring (bicyclic) bond motifs is 3. The van der Waals surface area contributed by atoms with Crippen LogP contribution in [0, 0.1) is 0 Å². The van der Waals surface area contributed by atoms with Crippen molar-refractivity contribution in [2.75, 3.05) is 0 Å². The molecule has 16 heavy (non-hydrogen) atoms. The molecule has 3 rings (SSSR count). The number of aromatic nitrogens is 3. The van der Waals surface area contributed by atoms with Crippen molar-refractivity contribution in [2.24, 2.45) is 0 Å². The molecule has 0 aliphatic rings. The first-order chi connectivity index (χ1) is 7.77. The highest BCUT2D eigenvalue weighted by Crippen LogP contribution is 2.23. The predicted octanol–water partition coefficient (Wildman–Crippen LogP) is 2.11. The van der Waals surface area contributed by atoms with Gasteiger partial charge in [0, 0.05) is 23.2 Å². The molecule has 0 saturated heterocycles. The third-order valence-corrected chi connectivity index (χ3v) is 2.55. The third-order valence-electron chi connectivity index (χ3n) is 2.55. The maximum atomic E-state index is 10.9. The molecule has 0 amide bonds. The van der Waals surface area contributed by atoms with Crippen molar-refractivity contribution >= 4 is 27.9 Å². The molecule has 2 aromatic heterocycles. The standard InChI is InChI=1S/C11H7N3O2/c15-11(16)14-4-3-8-9(14)2-1-7-5-12-6-13-10(7)8/h1-6H,(H,15,16). The maximum absolute atomic E-state index is 10.9. The highest BCUT2D eigenvalue weighted by atomic mass is 16.4. The molecule has 5 heteroatoms. The molecule has 0 aliphatic carbocycles. The molecular weight excluding hydrogens is 206 g/mol. The lowest BCUT2D eigenvalue weighted by atomic mass is 10.2. The van der Waals surface area contributed by atoms with Crippen LogP contribution in [0.4, 0.5) is 4.79 Å². The van der Waals surface area contributed by atoms with Crippen LogP contribution in [-0.4, -0.2) is 25.7 Å². The first kappa shape index (κ1) is 8.84. The molecule has 0 saturated carbocycles. The normalized spacial score (nSPS) is 11.0. The molecule has 0 radical (unpaired) electrons. The lowest BCUT2D eigenvalue weighted by molar-refractivity contribution is 0.197. The zero-order valence-electron chi connectivity index (χ0n) is 8.16. The summed E-state index contributed by atoms with van der Waals surface area (Å²) in [4.78, 5) is 19.0. The van der Waals surface area contributed by atoms with Gasteiger partial charge in [-0.3, -0.25) is 4.57 Å². The van der Waals surface area contributed by atoms with Crippen LogP contribution in [0.15, 0.2) is 36.9 Å². The molecule has 2 heterocycles.